The lowest BCUT2D eigenvalue weighted by Crippen LogP contribution is -2.62. The van der Waals surface area contributed by atoms with Crippen LogP contribution in [-0.4, -0.2) is 33.8 Å². The molecule has 2 aliphatic rings. The topological polar surface area (TPSA) is 73.0 Å². The van der Waals surface area contributed by atoms with Crippen molar-refractivity contribution in [1.82, 2.24) is 9.97 Å². The first-order valence-electron chi connectivity index (χ1n) is 6.82. The van der Waals surface area contributed by atoms with E-state index in [2.05, 4.69) is 14.9 Å². The highest BCUT2D eigenvalue weighted by Crippen LogP contribution is 2.34. The van der Waals surface area contributed by atoms with Crippen molar-refractivity contribution >= 4 is 5.82 Å². The number of fused-ring (bicyclic) bond motifs is 1. The van der Waals surface area contributed by atoms with E-state index in [9.17, 15) is 5.11 Å². The van der Waals surface area contributed by atoms with Gasteiger partial charge >= 0.3 is 0 Å². The third-order valence-electron chi connectivity index (χ3n) is 3.95. The first-order valence-corrected chi connectivity index (χ1v) is 6.82. The molecule has 5 heteroatoms. The highest BCUT2D eigenvalue weighted by atomic mass is 16.3. The highest BCUT2D eigenvalue weighted by Gasteiger charge is 2.42. The van der Waals surface area contributed by atoms with Crippen LogP contribution in [0.25, 0.3) is 0 Å². The van der Waals surface area contributed by atoms with E-state index >= 15 is 0 Å². The normalized spacial score (nSPS) is 20.4. The zero-order chi connectivity index (χ0) is 13.5. The van der Waals surface area contributed by atoms with Crippen molar-refractivity contribution in [3.8, 4) is 6.07 Å². The molecule has 100 valence electrons. The van der Waals surface area contributed by atoms with Crippen LogP contribution < -0.4 is 4.90 Å². The number of nitrogens with zero attached hydrogens (tertiary/aromatic N) is 4. The van der Waals surface area contributed by atoms with Gasteiger partial charge in [0.25, 0.3) is 0 Å². The van der Waals surface area contributed by atoms with Gasteiger partial charge in [-0.2, -0.15) is 5.26 Å². The summed E-state index contributed by atoms with van der Waals surface area (Å²) in [6, 6.07) is 2.05. The lowest BCUT2D eigenvalue weighted by molar-refractivity contribution is 0.0160. The number of nitriles is 1. The molecule has 1 aliphatic carbocycles. The van der Waals surface area contributed by atoms with E-state index in [1.165, 1.54) is 24.1 Å². The second kappa shape index (κ2) is 4.46. The Balaban J connectivity index is 1.87. The summed E-state index contributed by atoms with van der Waals surface area (Å²) < 4.78 is 0. The smallest absolute Gasteiger partial charge is 0.135 e. The van der Waals surface area contributed by atoms with Crippen LogP contribution in [0.2, 0.25) is 0 Å². The SMILES string of the molecule is Cc1nc2c(c(N3CC(O)(CC#N)C3)n1)CCCC2. The van der Waals surface area contributed by atoms with Crippen molar-refractivity contribution in [3.05, 3.63) is 17.1 Å². The van der Waals surface area contributed by atoms with Crippen molar-refractivity contribution in [2.75, 3.05) is 18.0 Å². The zero-order valence-corrected chi connectivity index (χ0v) is 11.2. The fourth-order valence-corrected chi connectivity index (χ4v) is 3.03. The van der Waals surface area contributed by atoms with Gasteiger partial charge in [-0.05, 0) is 32.6 Å². The number of aromatic nitrogens is 2. The molecule has 1 fully saturated rings. The fraction of sp³-hybridized carbons (Fsp3) is 0.643. The summed E-state index contributed by atoms with van der Waals surface area (Å²) in [5.41, 5.74) is 1.56. The molecule has 1 saturated heterocycles. The molecule has 0 saturated carbocycles. The van der Waals surface area contributed by atoms with E-state index in [1.807, 2.05) is 13.0 Å². The number of rotatable bonds is 2. The monoisotopic (exact) mass is 258 g/mol. The third-order valence-corrected chi connectivity index (χ3v) is 3.95. The van der Waals surface area contributed by atoms with Crippen molar-refractivity contribution in [3.63, 3.8) is 0 Å². The highest BCUT2D eigenvalue weighted by molar-refractivity contribution is 5.53. The minimum absolute atomic E-state index is 0.190. The van der Waals surface area contributed by atoms with Gasteiger partial charge in [0.1, 0.15) is 17.2 Å². The van der Waals surface area contributed by atoms with Gasteiger partial charge < -0.3 is 10.0 Å². The van der Waals surface area contributed by atoms with E-state index in [4.69, 9.17) is 5.26 Å². The van der Waals surface area contributed by atoms with Crippen LogP contribution in [0.4, 0.5) is 5.82 Å². The molecule has 2 heterocycles. The Morgan fingerprint density at radius 2 is 2.05 bits per heavy atom. The largest absolute Gasteiger partial charge is 0.385 e. The summed E-state index contributed by atoms with van der Waals surface area (Å²) in [6.45, 7) is 2.92. The van der Waals surface area contributed by atoms with Gasteiger partial charge in [-0.1, -0.05) is 0 Å². The number of β-amino-alcohol motifs (C(OH)–C–C–N with tert-alkyl or cyclic N) is 1. The molecule has 0 spiro atoms. The summed E-state index contributed by atoms with van der Waals surface area (Å²) in [5, 5.41) is 18.8. The van der Waals surface area contributed by atoms with Crippen LogP contribution in [0.15, 0.2) is 0 Å². The van der Waals surface area contributed by atoms with E-state index < -0.39 is 5.60 Å². The third kappa shape index (κ3) is 2.17. The lowest BCUT2D eigenvalue weighted by atomic mass is 9.89. The van der Waals surface area contributed by atoms with Crippen LogP contribution in [0.5, 0.6) is 0 Å². The summed E-state index contributed by atoms with van der Waals surface area (Å²) in [7, 11) is 0. The van der Waals surface area contributed by atoms with Gasteiger partial charge in [0.05, 0.1) is 25.6 Å². The van der Waals surface area contributed by atoms with Crippen LogP contribution in [-0.2, 0) is 12.8 Å². The number of hydrogen-bond acceptors (Lipinski definition) is 5. The molecule has 19 heavy (non-hydrogen) atoms. The molecular formula is C14H18N4O. The van der Waals surface area contributed by atoms with Crippen molar-refractivity contribution < 1.29 is 5.11 Å². The van der Waals surface area contributed by atoms with E-state index in [0.29, 0.717) is 13.1 Å². The van der Waals surface area contributed by atoms with E-state index in [-0.39, 0.29) is 6.42 Å². The molecule has 5 nitrogen and oxygen atoms in total. The van der Waals surface area contributed by atoms with E-state index in [1.54, 1.807) is 0 Å². The standard InChI is InChI=1S/C14H18N4O/c1-10-16-12-5-3-2-4-11(12)13(17-10)18-8-14(19,9-18)6-7-15/h19H,2-6,8-9H2,1H3. The Labute approximate surface area is 112 Å². The maximum absolute atomic E-state index is 10.1. The maximum atomic E-state index is 10.1. The molecule has 1 aromatic heterocycles. The van der Waals surface area contributed by atoms with Crippen LogP contribution >= 0.6 is 0 Å². The Hall–Kier alpha value is -1.67. The second-order valence-corrected chi connectivity index (χ2v) is 5.64. The summed E-state index contributed by atoms with van der Waals surface area (Å²) in [5.74, 6) is 1.77. The zero-order valence-electron chi connectivity index (χ0n) is 11.2. The summed E-state index contributed by atoms with van der Waals surface area (Å²) in [6.07, 6.45) is 4.62. The molecule has 0 atom stereocenters. The number of aryl methyl sites for hydroxylation is 2. The Morgan fingerprint density at radius 3 is 2.79 bits per heavy atom. The number of hydrogen-bond donors (Lipinski definition) is 1. The van der Waals surface area contributed by atoms with Gasteiger partial charge in [-0.15, -0.1) is 0 Å². The Kier molecular flexibility index (Phi) is 2.90. The van der Waals surface area contributed by atoms with Gasteiger partial charge in [0.15, 0.2) is 0 Å². The van der Waals surface area contributed by atoms with Gasteiger partial charge in [0, 0.05) is 11.3 Å². The average Bonchev–Trinajstić information content (AvgIpc) is 2.35. The Bertz CT molecular complexity index is 543. The Morgan fingerprint density at radius 1 is 1.32 bits per heavy atom. The molecule has 1 aliphatic heterocycles. The van der Waals surface area contributed by atoms with Crippen LogP contribution in [0.1, 0.15) is 36.3 Å². The second-order valence-electron chi connectivity index (χ2n) is 5.64. The predicted octanol–water partition coefficient (Wildman–Crippen LogP) is 1.13. The van der Waals surface area contributed by atoms with Crippen LogP contribution in [0, 0.1) is 18.3 Å². The molecule has 1 N–H and O–H groups in total. The first-order chi connectivity index (χ1) is 9.11. The van der Waals surface area contributed by atoms with E-state index in [0.717, 1.165) is 24.5 Å². The molecule has 0 aromatic carbocycles. The molecule has 1 aromatic rings. The predicted molar refractivity (Wildman–Crippen MR) is 70.8 cm³/mol. The van der Waals surface area contributed by atoms with Gasteiger partial charge in [0.2, 0.25) is 0 Å². The number of aliphatic hydroxyl groups is 1. The van der Waals surface area contributed by atoms with Crippen molar-refractivity contribution in [2.24, 2.45) is 0 Å². The minimum Gasteiger partial charge on any atom is -0.385 e. The molecule has 3 rings (SSSR count). The van der Waals surface area contributed by atoms with Crippen molar-refractivity contribution in [2.45, 2.75) is 44.6 Å². The molecular weight excluding hydrogens is 240 g/mol. The lowest BCUT2D eigenvalue weighted by Gasteiger charge is -2.47. The molecule has 0 radical (unpaired) electrons. The maximum Gasteiger partial charge on any atom is 0.135 e. The van der Waals surface area contributed by atoms with Gasteiger partial charge in [-0.3, -0.25) is 0 Å². The summed E-state index contributed by atoms with van der Waals surface area (Å²) in [4.78, 5) is 11.2. The fourth-order valence-electron chi connectivity index (χ4n) is 3.03. The molecule has 0 unspecified atom stereocenters. The van der Waals surface area contributed by atoms with Gasteiger partial charge in [-0.25, -0.2) is 9.97 Å². The molecule has 0 bridgehead atoms. The summed E-state index contributed by atoms with van der Waals surface area (Å²) >= 11 is 0. The molecule has 0 amide bonds. The number of anilines is 1. The van der Waals surface area contributed by atoms with Crippen LogP contribution in [0.3, 0.4) is 0 Å². The van der Waals surface area contributed by atoms with Crippen molar-refractivity contribution in [1.29, 1.82) is 5.26 Å². The first kappa shape index (κ1) is 12.4. The minimum atomic E-state index is -0.852. The average molecular weight is 258 g/mol. The quantitative estimate of drug-likeness (QED) is 0.860.